The molecule has 3 aromatic carbocycles. The van der Waals surface area contributed by atoms with Crippen LogP contribution < -0.4 is 5.32 Å². The van der Waals surface area contributed by atoms with Gasteiger partial charge < -0.3 is 10.4 Å². The summed E-state index contributed by atoms with van der Waals surface area (Å²) in [5.41, 5.74) is 1.69. The number of rotatable bonds is 5. The molecule has 0 unspecified atom stereocenters. The molecule has 0 heterocycles. The van der Waals surface area contributed by atoms with E-state index in [1.165, 1.54) is 0 Å². The van der Waals surface area contributed by atoms with Crippen molar-refractivity contribution < 1.29 is 9.90 Å². The highest BCUT2D eigenvalue weighted by molar-refractivity contribution is 5.89. The van der Waals surface area contributed by atoms with Crippen molar-refractivity contribution in [3.05, 3.63) is 77.9 Å². The first-order valence-corrected chi connectivity index (χ1v) is 8.25. The Labute approximate surface area is 142 Å². The Morgan fingerprint density at radius 1 is 1.00 bits per heavy atom. The molecular weight excluding hydrogens is 298 g/mol. The molecule has 0 saturated carbocycles. The molecule has 3 aromatic rings. The third kappa shape index (κ3) is 3.25. The molecule has 3 nitrogen and oxygen atoms in total. The zero-order valence-electron chi connectivity index (χ0n) is 13.7. The molecule has 0 aromatic heterocycles. The second-order valence-corrected chi connectivity index (χ2v) is 5.88. The Hall–Kier alpha value is -2.81. The fraction of sp³-hybridized carbons (Fsp3) is 0.190. The zero-order valence-corrected chi connectivity index (χ0v) is 13.7. The van der Waals surface area contributed by atoms with Gasteiger partial charge in [0.25, 0.3) is 0 Å². The number of hydrogen-bond acceptors (Lipinski definition) is 2. The van der Waals surface area contributed by atoms with Crippen LogP contribution in [0.25, 0.3) is 10.8 Å². The molecule has 0 saturated heterocycles. The Balaban J connectivity index is 2.15. The van der Waals surface area contributed by atoms with E-state index in [1.807, 2.05) is 67.6 Å². The number of hydrogen-bond donors (Lipinski definition) is 2. The van der Waals surface area contributed by atoms with Crippen LogP contribution in [-0.2, 0) is 4.79 Å². The predicted molar refractivity (Wildman–Crippen MR) is 96.9 cm³/mol. The number of amides is 1. The van der Waals surface area contributed by atoms with Crippen LogP contribution >= 0.6 is 0 Å². The molecule has 1 atom stereocenters. The largest absolute Gasteiger partial charge is 0.508 e. The summed E-state index contributed by atoms with van der Waals surface area (Å²) >= 11 is 0. The fourth-order valence-electron chi connectivity index (χ4n) is 3.02. The van der Waals surface area contributed by atoms with Gasteiger partial charge in [0.05, 0.1) is 6.04 Å². The molecule has 0 aliphatic carbocycles. The van der Waals surface area contributed by atoms with Gasteiger partial charge in [-0.05, 0) is 28.8 Å². The third-order valence-corrected chi connectivity index (χ3v) is 4.15. The molecule has 1 amide bonds. The highest BCUT2D eigenvalue weighted by Crippen LogP contribution is 2.35. The number of phenols is 1. The number of benzene rings is 3. The van der Waals surface area contributed by atoms with Crippen LogP contribution in [0, 0.1) is 0 Å². The Morgan fingerprint density at radius 3 is 2.46 bits per heavy atom. The summed E-state index contributed by atoms with van der Waals surface area (Å²) in [6.07, 6.45) is 1.25. The quantitative estimate of drug-likeness (QED) is 0.725. The molecule has 3 rings (SSSR count). The smallest absolute Gasteiger partial charge is 0.220 e. The summed E-state index contributed by atoms with van der Waals surface area (Å²) in [6, 6.07) is 20.9. The van der Waals surface area contributed by atoms with Crippen molar-refractivity contribution in [3.63, 3.8) is 0 Å². The molecule has 2 N–H and O–H groups in total. The number of phenolic OH excluding ortho intramolecular Hbond substituents is 1. The number of nitrogens with one attached hydrogen (secondary N) is 1. The second kappa shape index (κ2) is 7.18. The van der Waals surface area contributed by atoms with E-state index in [0.717, 1.165) is 28.3 Å². The topological polar surface area (TPSA) is 49.3 Å². The summed E-state index contributed by atoms with van der Waals surface area (Å²) in [5, 5.41) is 15.6. The lowest BCUT2D eigenvalue weighted by Gasteiger charge is -2.22. The van der Waals surface area contributed by atoms with E-state index in [1.54, 1.807) is 6.07 Å². The molecule has 24 heavy (non-hydrogen) atoms. The highest BCUT2D eigenvalue weighted by atomic mass is 16.3. The van der Waals surface area contributed by atoms with Crippen LogP contribution in [0.4, 0.5) is 0 Å². The molecule has 0 spiro atoms. The highest BCUT2D eigenvalue weighted by Gasteiger charge is 2.22. The monoisotopic (exact) mass is 319 g/mol. The Kier molecular flexibility index (Phi) is 4.80. The average molecular weight is 319 g/mol. The van der Waals surface area contributed by atoms with Crippen molar-refractivity contribution in [2.45, 2.75) is 25.8 Å². The van der Waals surface area contributed by atoms with Crippen LogP contribution in [0.2, 0.25) is 0 Å². The molecule has 0 fully saturated rings. The van der Waals surface area contributed by atoms with Gasteiger partial charge in [0.15, 0.2) is 0 Å². The normalized spacial score (nSPS) is 12.0. The summed E-state index contributed by atoms with van der Waals surface area (Å²) < 4.78 is 0. The molecule has 0 aliphatic rings. The lowest BCUT2D eigenvalue weighted by Crippen LogP contribution is -2.29. The van der Waals surface area contributed by atoms with E-state index in [4.69, 9.17) is 0 Å². The number of fused-ring (bicyclic) bond motifs is 1. The first-order chi connectivity index (χ1) is 11.7. The van der Waals surface area contributed by atoms with Crippen molar-refractivity contribution in [3.8, 4) is 5.75 Å². The van der Waals surface area contributed by atoms with Crippen molar-refractivity contribution in [1.29, 1.82) is 0 Å². The van der Waals surface area contributed by atoms with Crippen molar-refractivity contribution in [2.24, 2.45) is 0 Å². The molecular formula is C21H21NO2. The molecule has 0 aliphatic heterocycles. The zero-order chi connectivity index (χ0) is 16.9. The van der Waals surface area contributed by atoms with Gasteiger partial charge >= 0.3 is 0 Å². The first kappa shape index (κ1) is 16.1. The molecule has 0 bridgehead atoms. The average Bonchev–Trinajstić information content (AvgIpc) is 2.61. The summed E-state index contributed by atoms with van der Waals surface area (Å²) in [5.74, 6) is 0.179. The van der Waals surface area contributed by atoms with E-state index in [9.17, 15) is 9.90 Å². The van der Waals surface area contributed by atoms with Gasteiger partial charge in [0.1, 0.15) is 5.75 Å². The minimum absolute atomic E-state index is 0.0151. The van der Waals surface area contributed by atoms with Crippen LogP contribution in [-0.4, -0.2) is 11.0 Å². The second-order valence-electron chi connectivity index (χ2n) is 5.88. The number of aromatic hydroxyl groups is 1. The standard InChI is InChI=1S/C21H21NO2/c1-2-8-19(24)22-21(16-10-4-3-5-11-16)20-17-12-7-6-9-15(17)13-14-18(20)23/h3-7,9-14,21,23H,2,8H2,1H3,(H,22,24)/t21-/m0/s1. The van der Waals surface area contributed by atoms with Crippen LogP contribution in [0.5, 0.6) is 5.75 Å². The minimum atomic E-state index is -0.378. The number of carbonyl (C=O) groups excluding carboxylic acids is 1. The predicted octanol–water partition coefficient (Wildman–Crippen LogP) is 4.55. The molecule has 122 valence electrons. The van der Waals surface area contributed by atoms with Crippen LogP contribution in [0.1, 0.15) is 36.9 Å². The van der Waals surface area contributed by atoms with Gasteiger partial charge in [-0.1, -0.05) is 67.6 Å². The van der Waals surface area contributed by atoms with Crippen LogP contribution in [0.15, 0.2) is 66.7 Å². The van der Waals surface area contributed by atoms with E-state index >= 15 is 0 Å². The lowest BCUT2D eigenvalue weighted by atomic mass is 9.92. The van der Waals surface area contributed by atoms with Gasteiger partial charge in [-0.25, -0.2) is 0 Å². The summed E-state index contributed by atoms with van der Waals surface area (Å²) in [6.45, 7) is 1.98. The van der Waals surface area contributed by atoms with Gasteiger partial charge in [-0.2, -0.15) is 0 Å². The number of carbonyl (C=O) groups is 1. The Bertz CT molecular complexity index is 843. The summed E-state index contributed by atoms with van der Waals surface area (Å²) in [7, 11) is 0. The van der Waals surface area contributed by atoms with Gasteiger partial charge in [-0.15, -0.1) is 0 Å². The summed E-state index contributed by atoms with van der Waals surface area (Å²) in [4.78, 5) is 12.3. The maximum atomic E-state index is 12.3. The fourth-order valence-corrected chi connectivity index (χ4v) is 3.02. The molecule has 0 radical (unpaired) electrons. The van der Waals surface area contributed by atoms with E-state index in [0.29, 0.717) is 6.42 Å². The molecule has 3 heteroatoms. The lowest BCUT2D eigenvalue weighted by molar-refractivity contribution is -0.121. The Morgan fingerprint density at radius 2 is 1.71 bits per heavy atom. The SMILES string of the molecule is CCCC(=O)N[C@@H](c1ccccc1)c1c(O)ccc2ccccc12. The first-order valence-electron chi connectivity index (χ1n) is 8.25. The van der Waals surface area contributed by atoms with Crippen molar-refractivity contribution in [2.75, 3.05) is 0 Å². The van der Waals surface area contributed by atoms with Gasteiger partial charge in [0, 0.05) is 12.0 Å². The third-order valence-electron chi connectivity index (χ3n) is 4.15. The van der Waals surface area contributed by atoms with E-state index in [2.05, 4.69) is 5.32 Å². The van der Waals surface area contributed by atoms with E-state index in [-0.39, 0.29) is 17.7 Å². The van der Waals surface area contributed by atoms with Crippen molar-refractivity contribution in [1.82, 2.24) is 5.32 Å². The van der Waals surface area contributed by atoms with Gasteiger partial charge in [-0.3, -0.25) is 4.79 Å². The van der Waals surface area contributed by atoms with Gasteiger partial charge in [0.2, 0.25) is 5.91 Å². The minimum Gasteiger partial charge on any atom is -0.508 e. The van der Waals surface area contributed by atoms with E-state index < -0.39 is 0 Å². The maximum absolute atomic E-state index is 12.3. The maximum Gasteiger partial charge on any atom is 0.220 e. The van der Waals surface area contributed by atoms with Crippen molar-refractivity contribution >= 4 is 16.7 Å². The van der Waals surface area contributed by atoms with Crippen LogP contribution in [0.3, 0.4) is 0 Å².